The number of aliphatic imine (C=N–C) groups is 1. The summed E-state index contributed by atoms with van der Waals surface area (Å²) in [6.07, 6.45) is 0. The second-order valence-corrected chi connectivity index (χ2v) is 8.81. The number of rotatable bonds is 1. The number of ether oxygens (including phenoxy) is 1. The van der Waals surface area contributed by atoms with Crippen molar-refractivity contribution in [3.63, 3.8) is 0 Å². The van der Waals surface area contributed by atoms with Gasteiger partial charge in [-0.2, -0.15) is 0 Å². The molecule has 33 heavy (non-hydrogen) atoms. The van der Waals surface area contributed by atoms with Gasteiger partial charge < -0.3 is 14.5 Å². The number of piperazine rings is 1. The van der Waals surface area contributed by atoms with Crippen molar-refractivity contribution >= 4 is 17.4 Å². The lowest BCUT2D eigenvalue weighted by Crippen LogP contribution is -2.55. The third kappa shape index (κ3) is 4.09. The molecule has 5 nitrogen and oxygen atoms in total. The Kier molecular flexibility index (Phi) is 5.36. The summed E-state index contributed by atoms with van der Waals surface area (Å²) < 4.78 is 19.6. The van der Waals surface area contributed by atoms with Crippen molar-refractivity contribution in [3.8, 4) is 11.5 Å². The van der Waals surface area contributed by atoms with Crippen LogP contribution < -0.4 is 4.74 Å². The van der Waals surface area contributed by atoms with Crippen LogP contribution in [0.25, 0.3) is 0 Å². The van der Waals surface area contributed by atoms with Crippen LogP contribution in [0.1, 0.15) is 34.0 Å². The van der Waals surface area contributed by atoms with Crippen LogP contribution in [0.3, 0.4) is 0 Å². The van der Waals surface area contributed by atoms with E-state index in [-0.39, 0.29) is 17.8 Å². The molecule has 0 spiro atoms. The number of hydrogen-bond donors (Lipinski definition) is 0. The van der Waals surface area contributed by atoms with Gasteiger partial charge in [0, 0.05) is 31.2 Å². The second kappa shape index (κ2) is 8.35. The molecule has 2 aliphatic rings. The first kappa shape index (κ1) is 21.2. The van der Waals surface area contributed by atoms with E-state index in [1.807, 2.05) is 49.1 Å². The molecule has 1 fully saturated rings. The zero-order valence-electron chi connectivity index (χ0n) is 19.0. The summed E-state index contributed by atoms with van der Waals surface area (Å²) in [5.74, 6) is 1.96. The third-order valence-corrected chi connectivity index (χ3v) is 6.22. The van der Waals surface area contributed by atoms with Gasteiger partial charge in [-0.3, -0.25) is 4.79 Å². The van der Waals surface area contributed by atoms with Gasteiger partial charge in [-0.15, -0.1) is 0 Å². The van der Waals surface area contributed by atoms with Crippen LogP contribution in [0.5, 0.6) is 11.5 Å². The summed E-state index contributed by atoms with van der Waals surface area (Å²) in [7, 11) is 0. The summed E-state index contributed by atoms with van der Waals surface area (Å²) in [5.41, 5.74) is 4.49. The first-order valence-electron chi connectivity index (χ1n) is 11.2. The normalized spacial score (nSPS) is 17.5. The Morgan fingerprint density at radius 2 is 1.70 bits per heavy atom. The number of halogens is 1. The number of nitrogens with zero attached hydrogens (tertiary/aromatic N) is 3. The number of amidine groups is 1. The monoisotopic (exact) mass is 443 g/mol. The van der Waals surface area contributed by atoms with E-state index in [0.29, 0.717) is 25.2 Å². The summed E-state index contributed by atoms with van der Waals surface area (Å²) >= 11 is 0. The fourth-order valence-corrected chi connectivity index (χ4v) is 4.45. The van der Waals surface area contributed by atoms with Crippen LogP contribution in [0.4, 0.5) is 10.1 Å². The molecule has 5 rings (SSSR count). The average Bonchev–Trinajstić information content (AvgIpc) is 2.95. The molecule has 0 radical (unpaired) electrons. The summed E-state index contributed by atoms with van der Waals surface area (Å²) in [6, 6.07) is 17.9. The third-order valence-electron chi connectivity index (χ3n) is 6.22. The van der Waals surface area contributed by atoms with Crippen molar-refractivity contribution in [1.82, 2.24) is 9.80 Å². The highest BCUT2D eigenvalue weighted by Gasteiger charge is 2.32. The molecule has 1 atom stereocenters. The molecule has 168 valence electrons. The standard InChI is InChI=1S/C27H26FN3O2/c1-17-5-11-24-22(14-17)26(29-23-10-4-18(2)15-25(23)33-24)30-12-13-31(19(3)16-30)27(32)20-6-8-21(28)9-7-20/h4-11,14-15,19H,12-13,16H2,1-3H3/t19-/m0/s1. The van der Waals surface area contributed by atoms with Crippen molar-refractivity contribution in [2.24, 2.45) is 4.99 Å². The Labute approximate surface area is 193 Å². The molecule has 3 aromatic carbocycles. The number of carbonyl (C=O) groups is 1. The first-order valence-corrected chi connectivity index (χ1v) is 11.2. The Morgan fingerprint density at radius 1 is 0.970 bits per heavy atom. The lowest BCUT2D eigenvalue weighted by molar-refractivity contribution is 0.0581. The van der Waals surface area contributed by atoms with Crippen LogP contribution in [-0.4, -0.2) is 47.2 Å². The number of amides is 1. The largest absolute Gasteiger partial charge is 0.454 e. The zero-order valence-corrected chi connectivity index (χ0v) is 19.0. The predicted molar refractivity (Wildman–Crippen MR) is 127 cm³/mol. The van der Waals surface area contributed by atoms with Gasteiger partial charge >= 0.3 is 0 Å². The highest BCUT2D eigenvalue weighted by atomic mass is 19.1. The molecule has 1 amide bonds. The molecule has 3 aromatic rings. The van der Waals surface area contributed by atoms with Crippen molar-refractivity contribution in [1.29, 1.82) is 0 Å². The topological polar surface area (TPSA) is 45.1 Å². The van der Waals surface area contributed by atoms with Crippen LogP contribution in [0.15, 0.2) is 65.7 Å². The molecule has 6 heteroatoms. The molecule has 2 aliphatic heterocycles. The smallest absolute Gasteiger partial charge is 0.254 e. The summed E-state index contributed by atoms with van der Waals surface area (Å²) in [5, 5.41) is 0. The van der Waals surface area contributed by atoms with Crippen LogP contribution in [0, 0.1) is 19.7 Å². The molecule has 0 saturated carbocycles. The highest BCUT2D eigenvalue weighted by molar-refractivity contribution is 6.04. The van der Waals surface area contributed by atoms with E-state index in [0.717, 1.165) is 39.7 Å². The molecule has 0 N–H and O–H groups in total. The van der Waals surface area contributed by atoms with Crippen molar-refractivity contribution in [2.75, 3.05) is 19.6 Å². The van der Waals surface area contributed by atoms with Gasteiger partial charge in [-0.1, -0.05) is 17.7 Å². The average molecular weight is 444 g/mol. The van der Waals surface area contributed by atoms with Crippen LogP contribution >= 0.6 is 0 Å². The minimum absolute atomic E-state index is 0.0334. The molecule has 0 bridgehead atoms. The summed E-state index contributed by atoms with van der Waals surface area (Å²) in [4.78, 5) is 22.1. The van der Waals surface area contributed by atoms with E-state index in [1.165, 1.54) is 12.1 Å². The quantitative estimate of drug-likeness (QED) is 0.501. The Balaban J connectivity index is 1.46. The molecular weight excluding hydrogens is 417 g/mol. The minimum atomic E-state index is -0.345. The molecule has 0 aromatic heterocycles. The number of aryl methyl sites for hydroxylation is 2. The van der Waals surface area contributed by atoms with E-state index >= 15 is 0 Å². The maximum absolute atomic E-state index is 13.3. The number of benzene rings is 3. The lowest BCUT2D eigenvalue weighted by Gasteiger charge is -2.41. The van der Waals surface area contributed by atoms with Crippen molar-refractivity contribution in [2.45, 2.75) is 26.8 Å². The van der Waals surface area contributed by atoms with Crippen molar-refractivity contribution < 1.29 is 13.9 Å². The molecule has 2 heterocycles. The van der Waals surface area contributed by atoms with E-state index in [2.05, 4.69) is 17.9 Å². The maximum atomic E-state index is 13.3. The van der Waals surface area contributed by atoms with Gasteiger partial charge in [-0.05, 0) is 74.9 Å². The Morgan fingerprint density at radius 3 is 2.45 bits per heavy atom. The van der Waals surface area contributed by atoms with Gasteiger partial charge in [-0.25, -0.2) is 9.38 Å². The van der Waals surface area contributed by atoms with E-state index in [4.69, 9.17) is 9.73 Å². The molecule has 0 aliphatic carbocycles. The van der Waals surface area contributed by atoms with Crippen LogP contribution in [-0.2, 0) is 0 Å². The van der Waals surface area contributed by atoms with Gasteiger partial charge in [0.05, 0.1) is 5.56 Å². The highest BCUT2D eigenvalue weighted by Crippen LogP contribution is 2.39. The molecular formula is C27H26FN3O2. The fraction of sp³-hybridized carbons (Fsp3) is 0.259. The van der Waals surface area contributed by atoms with Crippen LogP contribution in [0.2, 0.25) is 0 Å². The van der Waals surface area contributed by atoms with Gasteiger partial charge in [0.1, 0.15) is 23.1 Å². The first-order chi connectivity index (χ1) is 15.9. The predicted octanol–water partition coefficient (Wildman–Crippen LogP) is 5.47. The maximum Gasteiger partial charge on any atom is 0.254 e. The van der Waals surface area contributed by atoms with Gasteiger partial charge in [0.2, 0.25) is 0 Å². The minimum Gasteiger partial charge on any atom is -0.454 e. The van der Waals surface area contributed by atoms with E-state index in [1.54, 1.807) is 12.1 Å². The van der Waals surface area contributed by atoms with Gasteiger partial charge in [0.25, 0.3) is 5.91 Å². The van der Waals surface area contributed by atoms with E-state index < -0.39 is 0 Å². The van der Waals surface area contributed by atoms with E-state index in [9.17, 15) is 9.18 Å². The van der Waals surface area contributed by atoms with Crippen molar-refractivity contribution in [3.05, 3.63) is 88.7 Å². The number of fused-ring (bicyclic) bond motifs is 2. The molecule has 1 saturated heterocycles. The lowest BCUT2D eigenvalue weighted by atomic mass is 10.1. The SMILES string of the molecule is Cc1ccc2c(c1)Oc1ccc(C)cc1C(N1CCN(C(=O)c3ccc(F)cc3)[C@@H](C)C1)=N2. The fourth-order valence-electron chi connectivity index (χ4n) is 4.45. The summed E-state index contributed by atoms with van der Waals surface area (Å²) in [6.45, 7) is 7.97. The Bertz CT molecular complexity index is 1250. The zero-order chi connectivity index (χ0) is 23.1. The second-order valence-electron chi connectivity index (χ2n) is 8.81. The molecule has 0 unspecified atom stereocenters. The Hall–Kier alpha value is -3.67. The van der Waals surface area contributed by atoms with Gasteiger partial charge in [0.15, 0.2) is 5.75 Å². The number of hydrogen-bond acceptors (Lipinski definition) is 4. The number of carbonyl (C=O) groups excluding carboxylic acids is 1.